The monoisotopic (exact) mass is 812 g/mol. The van der Waals surface area contributed by atoms with E-state index >= 15 is 0 Å². The molecule has 0 saturated heterocycles. The van der Waals surface area contributed by atoms with Crippen molar-refractivity contribution in [3.05, 3.63) is 192 Å². The molecule has 0 aromatic heterocycles. The van der Waals surface area contributed by atoms with Crippen LogP contribution in [0.4, 0.5) is 0 Å². The van der Waals surface area contributed by atoms with Crippen LogP contribution in [0.2, 0.25) is 0 Å². The van der Waals surface area contributed by atoms with E-state index < -0.39 is 15.8 Å². The van der Waals surface area contributed by atoms with Crippen LogP contribution in [0, 0.1) is 23.4 Å². The molecule has 0 spiro atoms. The van der Waals surface area contributed by atoms with Gasteiger partial charge in [-0.25, -0.2) is 4.85 Å². The summed E-state index contributed by atoms with van der Waals surface area (Å²) in [7, 11) is -2.48. The molecule has 0 bridgehead atoms. The number of rotatable bonds is 10. The first kappa shape index (κ1) is 43.6. The number of hydrogen-bond donors (Lipinski definition) is 0. The number of benzene rings is 6. The minimum absolute atomic E-state index is 0. The molecule has 0 amide bonds. The molecule has 6 aromatic rings. The smallest absolute Gasteiger partial charge is 0.147 e. The molecule has 0 aliphatic heterocycles. The van der Waals surface area contributed by atoms with Crippen LogP contribution in [0.5, 0.6) is 0 Å². The summed E-state index contributed by atoms with van der Waals surface area (Å²) < 4.78 is 0. The fourth-order valence-electron chi connectivity index (χ4n) is 6.97. The third-order valence-electron chi connectivity index (χ3n) is 9.41. The van der Waals surface area contributed by atoms with Crippen molar-refractivity contribution in [2.24, 2.45) is 9.98 Å². The molecule has 0 radical (unpaired) electrons. The molecule has 7 rings (SSSR count). The second-order valence-corrected chi connectivity index (χ2v) is 17.8. The summed E-state index contributed by atoms with van der Waals surface area (Å²) in [5.74, 6) is 0. The molecule has 6 aromatic carbocycles. The van der Waals surface area contributed by atoms with Crippen LogP contribution in [0.25, 0.3) is 4.85 Å². The quantitative estimate of drug-likeness (QED) is 0.0590. The van der Waals surface area contributed by atoms with E-state index in [1.807, 2.05) is 6.92 Å². The Bertz CT molecular complexity index is 2150. The zero-order chi connectivity index (χ0) is 37.4. The Labute approximate surface area is 347 Å². The maximum atomic E-state index is 7.32. The first-order valence-corrected chi connectivity index (χ1v) is 21.4. The zero-order valence-corrected chi connectivity index (χ0v) is 34.3. The minimum atomic E-state index is -1.25. The van der Waals surface area contributed by atoms with Crippen molar-refractivity contribution in [3.63, 3.8) is 0 Å². The maximum Gasteiger partial charge on any atom is 0.147 e. The van der Waals surface area contributed by atoms with Crippen LogP contribution >= 0.6 is 15.8 Å². The molecule has 1 fully saturated rings. The molecule has 1 saturated carbocycles. The standard InChI is InChI=1S/C46H41N3P2.C2H3N.CH4.Fe/c1-2-47-38-31-32-43(48-34-36-19-15-17-29-45(36)50(39-21-7-3-8-22-39)40-23-9-4-10-24-40)44(33-38)49-35-37-20-16-18-30-46(37)51(41-25-11-5-12-26-41)42-27-13-6-14-28-42;1-2-3;;/h3-30,34-35,43-44H,31-33H2,1H3;1H3;1H4;/p+2. The number of nitrogens with zero attached hydrogens (tertiary/aromatic N) is 4. The van der Waals surface area contributed by atoms with E-state index in [0.29, 0.717) is 0 Å². The largest absolute Gasteiger partial charge is 0.288 e. The van der Waals surface area contributed by atoms with E-state index in [1.165, 1.54) is 49.9 Å². The molecule has 1 aliphatic rings. The van der Waals surface area contributed by atoms with Gasteiger partial charge in [0.05, 0.1) is 34.0 Å². The second kappa shape index (κ2) is 23.1. The van der Waals surface area contributed by atoms with Gasteiger partial charge in [-0.1, -0.05) is 104 Å². The fourth-order valence-corrected chi connectivity index (χ4v) is 12.4. The normalized spacial score (nSPS) is 14.8. The van der Waals surface area contributed by atoms with Gasteiger partial charge >= 0.3 is 0 Å². The van der Waals surface area contributed by atoms with Gasteiger partial charge < -0.3 is 0 Å². The Balaban J connectivity index is 0.00000135. The van der Waals surface area contributed by atoms with Crippen LogP contribution in [0.1, 0.15) is 51.7 Å². The summed E-state index contributed by atoms with van der Waals surface area (Å²) >= 11 is 0. The van der Waals surface area contributed by atoms with Gasteiger partial charge in [0.25, 0.3) is 0 Å². The van der Waals surface area contributed by atoms with E-state index in [0.717, 1.165) is 25.3 Å². The fraction of sp³-hybridized carbons (Fsp3) is 0.163. The molecule has 1 aliphatic carbocycles. The zero-order valence-electron chi connectivity index (χ0n) is 31.2. The Morgan fingerprint density at radius 3 is 1.29 bits per heavy atom. The van der Waals surface area contributed by atoms with Gasteiger partial charge in [0, 0.05) is 60.0 Å². The summed E-state index contributed by atoms with van der Waals surface area (Å²) in [6.07, 6.45) is 6.83. The third-order valence-corrected chi connectivity index (χ3v) is 15.0. The van der Waals surface area contributed by atoms with Gasteiger partial charge in [-0.15, -0.1) is 0 Å². The first-order valence-electron chi connectivity index (χ1n) is 18.4. The van der Waals surface area contributed by atoms with Crippen molar-refractivity contribution >= 4 is 60.1 Å². The Hall–Kier alpha value is -5.11. The van der Waals surface area contributed by atoms with Gasteiger partial charge in [-0.2, -0.15) is 5.26 Å². The van der Waals surface area contributed by atoms with Crippen molar-refractivity contribution < 1.29 is 17.1 Å². The summed E-state index contributed by atoms with van der Waals surface area (Å²) in [5.41, 5.74) is 2.35. The molecular weight excluding hydrogens is 762 g/mol. The van der Waals surface area contributed by atoms with Crippen LogP contribution in [0.15, 0.2) is 180 Å². The maximum absolute atomic E-state index is 7.32. The average molecular weight is 813 g/mol. The van der Waals surface area contributed by atoms with Crippen molar-refractivity contribution in [1.82, 2.24) is 0 Å². The molecule has 0 N–H and O–H groups in total. The van der Waals surface area contributed by atoms with Crippen molar-refractivity contribution in [2.75, 3.05) is 0 Å². The van der Waals surface area contributed by atoms with E-state index in [4.69, 9.17) is 15.2 Å². The Morgan fingerprint density at radius 1 is 0.571 bits per heavy atom. The topological polar surface area (TPSA) is 52.9 Å². The van der Waals surface area contributed by atoms with Crippen LogP contribution in [0.3, 0.4) is 0 Å². The molecule has 4 nitrogen and oxygen atoms in total. The van der Waals surface area contributed by atoms with Crippen molar-refractivity contribution in [3.8, 4) is 12.1 Å². The molecule has 282 valence electrons. The summed E-state index contributed by atoms with van der Waals surface area (Å²) in [4.78, 5) is 15.3. The van der Waals surface area contributed by atoms with Gasteiger partial charge in [-0.05, 0) is 92.6 Å². The molecule has 2 atom stereocenters. The SMILES string of the molecule is C.CC#N.CC#[N+][C-]1CCC(N=Cc2ccccc2[PH+](c2ccccc2)c2ccccc2)C(N=Cc2ccccc2[PH+](c2ccccc2)c2ccccc2)C1.[Fe]. The van der Waals surface area contributed by atoms with Crippen LogP contribution < -0.4 is 31.8 Å². The first-order chi connectivity index (χ1) is 26.7. The summed E-state index contributed by atoms with van der Waals surface area (Å²) in [6, 6.07) is 67.3. The summed E-state index contributed by atoms with van der Waals surface area (Å²) in [5, 5.41) is 15.5. The Kier molecular flexibility index (Phi) is 18.0. The summed E-state index contributed by atoms with van der Waals surface area (Å²) in [6.45, 7) is 3.30. The van der Waals surface area contributed by atoms with Gasteiger partial charge in [0.2, 0.25) is 0 Å². The van der Waals surface area contributed by atoms with E-state index in [1.54, 1.807) is 6.07 Å². The number of aliphatic imine (C=N–C) groups is 2. The minimum Gasteiger partial charge on any atom is -0.288 e. The van der Waals surface area contributed by atoms with Gasteiger partial charge in [-0.3, -0.25) is 9.98 Å². The average Bonchev–Trinajstić information content (AvgIpc) is 3.23. The number of hydrogen-bond acceptors (Lipinski definition) is 3. The Morgan fingerprint density at radius 2 is 0.911 bits per heavy atom. The molecule has 2 unspecified atom stereocenters. The van der Waals surface area contributed by atoms with E-state index in [9.17, 15) is 0 Å². The van der Waals surface area contributed by atoms with Crippen molar-refractivity contribution in [2.45, 2.75) is 52.6 Å². The second-order valence-electron chi connectivity index (χ2n) is 12.9. The van der Waals surface area contributed by atoms with Gasteiger partial charge in [0.15, 0.2) is 0 Å². The molecule has 7 heteroatoms. The van der Waals surface area contributed by atoms with Crippen molar-refractivity contribution in [1.29, 1.82) is 5.26 Å². The molecule has 0 heterocycles. The van der Waals surface area contributed by atoms with Crippen LogP contribution in [-0.4, -0.2) is 24.5 Å². The van der Waals surface area contributed by atoms with E-state index in [-0.39, 0.29) is 36.6 Å². The van der Waals surface area contributed by atoms with E-state index in [2.05, 4.69) is 193 Å². The predicted molar refractivity (Wildman–Crippen MR) is 244 cm³/mol. The number of nitriles is 1. The molecular formula is C49H50FeN4P2+2. The molecule has 56 heavy (non-hydrogen) atoms. The van der Waals surface area contributed by atoms with Crippen LogP contribution in [-0.2, 0) is 17.1 Å². The third kappa shape index (κ3) is 11.5. The predicted octanol–water partition coefficient (Wildman–Crippen LogP) is 9.17. The van der Waals surface area contributed by atoms with Gasteiger partial charge in [0.1, 0.15) is 37.9 Å².